The lowest BCUT2D eigenvalue weighted by atomic mass is 10.2. The molecule has 0 saturated carbocycles. The highest BCUT2D eigenvalue weighted by atomic mass is 32.1. The molecule has 0 atom stereocenters. The predicted octanol–water partition coefficient (Wildman–Crippen LogP) is 2.82. The molecule has 1 fully saturated rings. The Labute approximate surface area is 146 Å². The Kier molecular flexibility index (Phi) is 5.16. The smallest absolute Gasteiger partial charge is 0.347 e. The van der Waals surface area contributed by atoms with Gasteiger partial charge in [0.2, 0.25) is 0 Å². The van der Waals surface area contributed by atoms with Gasteiger partial charge in [-0.2, -0.15) is 0 Å². The maximum atomic E-state index is 11.1. The van der Waals surface area contributed by atoms with Gasteiger partial charge in [-0.05, 0) is 31.5 Å². The van der Waals surface area contributed by atoms with Crippen molar-refractivity contribution in [3.05, 3.63) is 45.4 Å². The first-order valence-electron chi connectivity index (χ1n) is 8.26. The third-order valence-corrected chi connectivity index (χ3v) is 5.62. The standard InChI is InChI=1S/C18H23N3O2S/c1-13-4-3-5-15(12-13)21-10-8-20(9-11-21)7-6-16-19-14(2)17(24-16)18(22)23/h3-5,12H,6-11H2,1-2H3,(H,22,23). The van der Waals surface area contributed by atoms with Gasteiger partial charge < -0.3 is 10.0 Å². The van der Waals surface area contributed by atoms with Gasteiger partial charge in [-0.25, -0.2) is 9.78 Å². The zero-order valence-electron chi connectivity index (χ0n) is 14.2. The number of carboxylic acid groups (broad SMARTS) is 1. The van der Waals surface area contributed by atoms with E-state index >= 15 is 0 Å². The van der Waals surface area contributed by atoms with Gasteiger partial charge in [-0.3, -0.25) is 4.90 Å². The molecule has 0 amide bonds. The van der Waals surface area contributed by atoms with Crippen molar-refractivity contribution in [2.75, 3.05) is 37.6 Å². The van der Waals surface area contributed by atoms with E-state index in [9.17, 15) is 4.79 Å². The summed E-state index contributed by atoms with van der Waals surface area (Å²) >= 11 is 1.31. The predicted molar refractivity (Wildman–Crippen MR) is 97.3 cm³/mol. The highest BCUT2D eigenvalue weighted by Gasteiger charge is 2.18. The van der Waals surface area contributed by atoms with Crippen LogP contribution < -0.4 is 4.90 Å². The minimum Gasteiger partial charge on any atom is -0.477 e. The number of piperazine rings is 1. The second-order valence-corrected chi connectivity index (χ2v) is 7.33. The molecule has 128 valence electrons. The van der Waals surface area contributed by atoms with E-state index in [-0.39, 0.29) is 0 Å². The number of rotatable bonds is 5. The van der Waals surface area contributed by atoms with Gasteiger partial charge in [0.05, 0.1) is 10.7 Å². The van der Waals surface area contributed by atoms with Crippen LogP contribution in [0.4, 0.5) is 5.69 Å². The van der Waals surface area contributed by atoms with Crippen LogP contribution in [0.2, 0.25) is 0 Å². The molecule has 0 unspecified atom stereocenters. The van der Waals surface area contributed by atoms with Gasteiger partial charge in [0.25, 0.3) is 0 Å². The SMILES string of the molecule is Cc1cccc(N2CCN(CCc3nc(C)c(C(=O)O)s3)CC2)c1. The largest absolute Gasteiger partial charge is 0.477 e. The van der Waals surface area contributed by atoms with E-state index < -0.39 is 5.97 Å². The van der Waals surface area contributed by atoms with Crippen LogP contribution in [-0.4, -0.2) is 53.7 Å². The van der Waals surface area contributed by atoms with E-state index in [0.29, 0.717) is 10.6 Å². The van der Waals surface area contributed by atoms with E-state index in [2.05, 4.69) is 46.0 Å². The molecule has 1 aromatic carbocycles. The Morgan fingerprint density at radius 3 is 2.62 bits per heavy atom. The van der Waals surface area contributed by atoms with Gasteiger partial charge >= 0.3 is 5.97 Å². The Balaban J connectivity index is 1.51. The molecule has 24 heavy (non-hydrogen) atoms. The van der Waals surface area contributed by atoms with E-state index in [0.717, 1.165) is 44.2 Å². The van der Waals surface area contributed by atoms with Gasteiger partial charge in [0, 0.05) is 44.8 Å². The number of nitrogens with zero attached hydrogens (tertiary/aromatic N) is 3. The van der Waals surface area contributed by atoms with Crippen LogP contribution in [0.3, 0.4) is 0 Å². The minimum atomic E-state index is -0.872. The quantitative estimate of drug-likeness (QED) is 0.903. The summed E-state index contributed by atoms with van der Waals surface area (Å²) in [5, 5.41) is 10.0. The molecule has 2 aromatic rings. The molecular formula is C18H23N3O2S. The molecule has 0 aliphatic carbocycles. The molecule has 0 radical (unpaired) electrons. The number of thiazole rings is 1. The number of hydrogen-bond acceptors (Lipinski definition) is 5. The van der Waals surface area contributed by atoms with Crippen LogP contribution in [-0.2, 0) is 6.42 Å². The first-order valence-corrected chi connectivity index (χ1v) is 9.08. The molecule has 1 saturated heterocycles. The number of carbonyl (C=O) groups is 1. The zero-order valence-corrected chi connectivity index (χ0v) is 15.0. The topological polar surface area (TPSA) is 56.7 Å². The molecule has 0 bridgehead atoms. The average molecular weight is 345 g/mol. The number of aromatic nitrogens is 1. The lowest BCUT2D eigenvalue weighted by Crippen LogP contribution is -2.47. The highest BCUT2D eigenvalue weighted by molar-refractivity contribution is 7.13. The fraction of sp³-hybridized carbons (Fsp3) is 0.444. The monoisotopic (exact) mass is 345 g/mol. The first-order chi connectivity index (χ1) is 11.5. The molecule has 1 aromatic heterocycles. The summed E-state index contributed by atoms with van der Waals surface area (Å²) in [4.78, 5) is 20.7. The summed E-state index contributed by atoms with van der Waals surface area (Å²) < 4.78 is 0. The molecule has 0 spiro atoms. The maximum absolute atomic E-state index is 11.1. The zero-order chi connectivity index (χ0) is 17.1. The number of aryl methyl sites for hydroxylation is 2. The molecule has 1 aliphatic rings. The minimum absolute atomic E-state index is 0.370. The van der Waals surface area contributed by atoms with Crippen molar-refractivity contribution in [2.45, 2.75) is 20.3 Å². The van der Waals surface area contributed by atoms with Gasteiger partial charge in [0.15, 0.2) is 0 Å². The third kappa shape index (κ3) is 3.94. The summed E-state index contributed by atoms with van der Waals surface area (Å²) in [5.74, 6) is -0.872. The van der Waals surface area contributed by atoms with Crippen LogP contribution in [0.5, 0.6) is 0 Å². The Bertz CT molecular complexity index is 721. The van der Waals surface area contributed by atoms with Crippen LogP contribution in [0.25, 0.3) is 0 Å². The van der Waals surface area contributed by atoms with Crippen molar-refractivity contribution in [2.24, 2.45) is 0 Å². The van der Waals surface area contributed by atoms with E-state index in [1.165, 1.54) is 22.6 Å². The van der Waals surface area contributed by atoms with Crippen molar-refractivity contribution in [3.8, 4) is 0 Å². The van der Waals surface area contributed by atoms with Crippen molar-refractivity contribution in [1.29, 1.82) is 0 Å². The number of anilines is 1. The van der Waals surface area contributed by atoms with Crippen molar-refractivity contribution in [1.82, 2.24) is 9.88 Å². The maximum Gasteiger partial charge on any atom is 0.347 e. The fourth-order valence-corrected chi connectivity index (χ4v) is 3.96. The van der Waals surface area contributed by atoms with Crippen molar-refractivity contribution < 1.29 is 9.90 Å². The summed E-state index contributed by atoms with van der Waals surface area (Å²) in [6.07, 6.45) is 0.823. The van der Waals surface area contributed by atoms with Crippen LogP contribution in [0.1, 0.15) is 25.9 Å². The van der Waals surface area contributed by atoms with Gasteiger partial charge in [0.1, 0.15) is 4.88 Å². The van der Waals surface area contributed by atoms with Crippen LogP contribution >= 0.6 is 11.3 Å². The Hall–Kier alpha value is -1.92. The molecular weight excluding hydrogens is 322 g/mol. The van der Waals surface area contributed by atoms with Crippen LogP contribution in [0.15, 0.2) is 24.3 Å². The van der Waals surface area contributed by atoms with E-state index in [1.807, 2.05) is 0 Å². The molecule has 6 heteroatoms. The van der Waals surface area contributed by atoms with Crippen molar-refractivity contribution in [3.63, 3.8) is 0 Å². The molecule has 3 rings (SSSR count). The molecule has 1 N–H and O–H groups in total. The Morgan fingerprint density at radius 1 is 1.25 bits per heavy atom. The van der Waals surface area contributed by atoms with Gasteiger partial charge in [-0.1, -0.05) is 12.1 Å². The Morgan fingerprint density at radius 2 is 2.00 bits per heavy atom. The first kappa shape index (κ1) is 16.9. The lowest BCUT2D eigenvalue weighted by Gasteiger charge is -2.36. The number of hydrogen-bond donors (Lipinski definition) is 1. The molecule has 2 heterocycles. The summed E-state index contributed by atoms with van der Waals surface area (Å²) in [5.41, 5.74) is 3.23. The third-order valence-electron chi connectivity index (χ3n) is 4.42. The highest BCUT2D eigenvalue weighted by Crippen LogP contribution is 2.20. The number of carboxylic acids is 1. The van der Waals surface area contributed by atoms with Crippen molar-refractivity contribution >= 4 is 23.0 Å². The second kappa shape index (κ2) is 7.32. The second-order valence-electron chi connectivity index (χ2n) is 6.24. The normalized spacial score (nSPS) is 15.7. The average Bonchev–Trinajstić information content (AvgIpc) is 2.95. The summed E-state index contributed by atoms with van der Waals surface area (Å²) in [7, 11) is 0. The van der Waals surface area contributed by atoms with Gasteiger partial charge in [-0.15, -0.1) is 11.3 Å². The van der Waals surface area contributed by atoms with Crippen LogP contribution in [0, 0.1) is 13.8 Å². The number of benzene rings is 1. The van der Waals surface area contributed by atoms with E-state index in [4.69, 9.17) is 5.11 Å². The molecule has 1 aliphatic heterocycles. The molecule has 5 nitrogen and oxygen atoms in total. The summed E-state index contributed by atoms with van der Waals surface area (Å²) in [6.45, 7) is 8.95. The number of aromatic carboxylic acids is 1. The lowest BCUT2D eigenvalue weighted by molar-refractivity contribution is 0.0701. The fourth-order valence-electron chi connectivity index (χ4n) is 3.07. The van der Waals surface area contributed by atoms with E-state index in [1.54, 1.807) is 6.92 Å². The summed E-state index contributed by atoms with van der Waals surface area (Å²) in [6, 6.07) is 8.65.